The maximum atomic E-state index is 12.2. The van der Waals surface area contributed by atoms with Crippen molar-refractivity contribution in [2.45, 2.75) is 6.92 Å². The maximum Gasteiger partial charge on any atom is 0.369 e. The van der Waals surface area contributed by atoms with Gasteiger partial charge in [0, 0.05) is 5.56 Å². The second kappa shape index (κ2) is 9.07. The molecule has 0 atom stereocenters. The number of para-hydroxylation sites is 1. The predicted molar refractivity (Wildman–Crippen MR) is 94.9 cm³/mol. The van der Waals surface area contributed by atoms with Crippen LogP contribution in [0.1, 0.15) is 22.8 Å². The molecule has 0 saturated heterocycles. The fourth-order valence-corrected chi connectivity index (χ4v) is 1.99. The van der Waals surface area contributed by atoms with Crippen LogP contribution in [0, 0.1) is 0 Å². The fourth-order valence-electron chi connectivity index (χ4n) is 1.99. The molecule has 0 fully saturated rings. The largest absolute Gasteiger partial charge is 0.493 e. The Morgan fingerprint density at radius 1 is 1.00 bits per heavy atom. The van der Waals surface area contributed by atoms with E-state index in [1.54, 1.807) is 48.5 Å². The summed E-state index contributed by atoms with van der Waals surface area (Å²) in [5.74, 6) is -0.394. The van der Waals surface area contributed by atoms with E-state index in [1.165, 1.54) is 0 Å². The molecule has 0 aliphatic heterocycles. The third-order valence-electron chi connectivity index (χ3n) is 3.16. The van der Waals surface area contributed by atoms with E-state index >= 15 is 0 Å². The number of hydrogen-bond donors (Lipinski definition) is 2. The van der Waals surface area contributed by atoms with Crippen molar-refractivity contribution in [1.29, 1.82) is 0 Å². The van der Waals surface area contributed by atoms with E-state index in [0.717, 1.165) is 0 Å². The molecule has 0 saturated carbocycles. The van der Waals surface area contributed by atoms with Crippen LogP contribution < -0.4 is 20.9 Å². The van der Waals surface area contributed by atoms with E-state index < -0.39 is 11.9 Å². The number of carbonyl (C=O) groups is 2. The molecular weight excluding hydrogens is 338 g/mol. The minimum absolute atomic E-state index is 0.00805. The van der Waals surface area contributed by atoms with Gasteiger partial charge in [-0.15, -0.1) is 0 Å². The molecule has 4 N–H and O–H groups in total. The van der Waals surface area contributed by atoms with Gasteiger partial charge < -0.3 is 25.8 Å². The number of primary amides is 1. The van der Waals surface area contributed by atoms with Crippen LogP contribution in [0.3, 0.4) is 0 Å². The van der Waals surface area contributed by atoms with Crippen molar-refractivity contribution < 1.29 is 23.9 Å². The molecule has 2 rings (SSSR count). The first-order valence-electron chi connectivity index (χ1n) is 7.79. The Balaban J connectivity index is 2.03. The molecule has 0 heterocycles. The Bertz CT molecular complexity index is 803. The number of carbonyl (C=O) groups excluding carboxylic acids is 2. The summed E-state index contributed by atoms with van der Waals surface area (Å²) >= 11 is 0. The van der Waals surface area contributed by atoms with Crippen LogP contribution in [0.5, 0.6) is 11.5 Å². The van der Waals surface area contributed by atoms with Crippen molar-refractivity contribution in [2.75, 3.05) is 13.2 Å². The van der Waals surface area contributed by atoms with Crippen LogP contribution in [-0.4, -0.2) is 30.9 Å². The number of benzene rings is 2. The zero-order chi connectivity index (χ0) is 18.9. The molecule has 1 amide bonds. The normalized spacial score (nSPS) is 10.9. The first-order chi connectivity index (χ1) is 12.5. The molecule has 136 valence electrons. The van der Waals surface area contributed by atoms with Gasteiger partial charge in [-0.05, 0) is 43.3 Å². The standard InChI is InChI=1S/C18H19N3O5/c1-2-24-15-6-4-3-5-14(15)18(23)26-21-17(20)12-7-9-13(10-8-12)25-11-16(19)22/h3-10H,2,11H2,1H3,(H2,19,22)(H2,20,21). The van der Waals surface area contributed by atoms with E-state index in [2.05, 4.69) is 5.16 Å². The second-order valence-corrected chi connectivity index (χ2v) is 5.06. The smallest absolute Gasteiger partial charge is 0.369 e. The van der Waals surface area contributed by atoms with Crippen molar-refractivity contribution in [2.24, 2.45) is 16.6 Å². The topological polar surface area (TPSA) is 126 Å². The monoisotopic (exact) mass is 357 g/mol. The molecule has 0 bridgehead atoms. The summed E-state index contributed by atoms with van der Waals surface area (Å²) in [5, 5.41) is 3.65. The van der Waals surface area contributed by atoms with Crippen molar-refractivity contribution in [1.82, 2.24) is 0 Å². The van der Waals surface area contributed by atoms with Gasteiger partial charge in [0.25, 0.3) is 5.91 Å². The van der Waals surface area contributed by atoms with Gasteiger partial charge >= 0.3 is 5.97 Å². The molecule has 2 aromatic carbocycles. The lowest BCUT2D eigenvalue weighted by molar-refractivity contribution is -0.119. The quantitative estimate of drug-likeness (QED) is 0.318. The third-order valence-corrected chi connectivity index (χ3v) is 3.16. The Labute approximate surface area is 150 Å². The van der Waals surface area contributed by atoms with E-state index in [1.807, 2.05) is 6.92 Å². The highest BCUT2D eigenvalue weighted by Crippen LogP contribution is 2.19. The lowest BCUT2D eigenvalue weighted by Crippen LogP contribution is -2.20. The summed E-state index contributed by atoms with van der Waals surface area (Å²) in [6, 6.07) is 13.1. The molecule has 0 aromatic heterocycles. The number of oxime groups is 1. The summed E-state index contributed by atoms with van der Waals surface area (Å²) in [5.41, 5.74) is 11.6. The number of ether oxygens (including phenoxy) is 2. The Kier molecular flexibility index (Phi) is 6.55. The van der Waals surface area contributed by atoms with Gasteiger partial charge in [0.15, 0.2) is 12.4 Å². The van der Waals surface area contributed by atoms with Crippen LogP contribution in [0.2, 0.25) is 0 Å². The first-order valence-corrected chi connectivity index (χ1v) is 7.79. The maximum absolute atomic E-state index is 12.2. The summed E-state index contributed by atoms with van der Waals surface area (Å²) in [4.78, 5) is 27.7. The van der Waals surface area contributed by atoms with Gasteiger partial charge in [-0.25, -0.2) is 4.79 Å². The molecule has 0 aliphatic carbocycles. The summed E-state index contributed by atoms with van der Waals surface area (Å²) in [6.45, 7) is 2.01. The van der Waals surface area contributed by atoms with Gasteiger partial charge in [-0.3, -0.25) is 4.79 Å². The fraction of sp³-hybridized carbons (Fsp3) is 0.167. The SMILES string of the molecule is CCOc1ccccc1C(=O)O/N=C(\N)c1ccc(OCC(N)=O)cc1. The average molecular weight is 357 g/mol. The second-order valence-electron chi connectivity index (χ2n) is 5.06. The lowest BCUT2D eigenvalue weighted by atomic mass is 10.2. The lowest BCUT2D eigenvalue weighted by Gasteiger charge is -2.08. The highest BCUT2D eigenvalue weighted by atomic mass is 16.7. The van der Waals surface area contributed by atoms with Crippen molar-refractivity contribution >= 4 is 17.7 Å². The summed E-state index contributed by atoms with van der Waals surface area (Å²) < 4.78 is 10.5. The molecule has 26 heavy (non-hydrogen) atoms. The number of hydrogen-bond acceptors (Lipinski definition) is 6. The Morgan fingerprint density at radius 3 is 2.35 bits per heavy atom. The Hall–Kier alpha value is -3.55. The number of nitrogens with two attached hydrogens (primary N) is 2. The van der Waals surface area contributed by atoms with E-state index in [-0.39, 0.29) is 18.0 Å². The van der Waals surface area contributed by atoms with Crippen LogP contribution in [-0.2, 0) is 9.63 Å². The highest BCUT2D eigenvalue weighted by Gasteiger charge is 2.14. The molecule has 0 unspecified atom stereocenters. The van der Waals surface area contributed by atoms with Gasteiger partial charge in [-0.2, -0.15) is 0 Å². The minimum Gasteiger partial charge on any atom is -0.493 e. The predicted octanol–water partition coefficient (Wildman–Crippen LogP) is 1.43. The highest BCUT2D eigenvalue weighted by molar-refractivity contribution is 5.98. The molecule has 8 heteroatoms. The van der Waals surface area contributed by atoms with Gasteiger partial charge in [0.1, 0.15) is 17.1 Å². The Morgan fingerprint density at radius 2 is 1.69 bits per heavy atom. The number of rotatable bonds is 8. The molecule has 0 spiro atoms. The molecule has 0 aliphatic rings. The summed E-state index contributed by atoms with van der Waals surface area (Å²) in [6.07, 6.45) is 0. The molecule has 0 radical (unpaired) electrons. The van der Waals surface area contributed by atoms with Crippen LogP contribution in [0.25, 0.3) is 0 Å². The van der Waals surface area contributed by atoms with Crippen LogP contribution >= 0.6 is 0 Å². The zero-order valence-electron chi connectivity index (χ0n) is 14.2. The van der Waals surface area contributed by atoms with Crippen molar-refractivity contribution in [3.8, 4) is 11.5 Å². The van der Waals surface area contributed by atoms with Crippen molar-refractivity contribution in [3.05, 3.63) is 59.7 Å². The van der Waals surface area contributed by atoms with E-state index in [0.29, 0.717) is 23.7 Å². The van der Waals surface area contributed by atoms with E-state index in [4.69, 9.17) is 25.8 Å². The summed E-state index contributed by atoms with van der Waals surface area (Å²) in [7, 11) is 0. The average Bonchev–Trinajstić information content (AvgIpc) is 2.65. The number of nitrogens with zero attached hydrogens (tertiary/aromatic N) is 1. The van der Waals surface area contributed by atoms with Crippen LogP contribution in [0.15, 0.2) is 53.7 Å². The number of amides is 1. The number of amidine groups is 1. The van der Waals surface area contributed by atoms with Crippen molar-refractivity contribution in [3.63, 3.8) is 0 Å². The first kappa shape index (κ1) is 18.8. The molecular formula is C18H19N3O5. The molecule has 8 nitrogen and oxygen atoms in total. The van der Waals surface area contributed by atoms with Gasteiger partial charge in [0.2, 0.25) is 0 Å². The molecule has 2 aromatic rings. The van der Waals surface area contributed by atoms with Crippen LogP contribution in [0.4, 0.5) is 0 Å². The third kappa shape index (κ3) is 5.23. The van der Waals surface area contributed by atoms with E-state index in [9.17, 15) is 9.59 Å². The van der Waals surface area contributed by atoms with Gasteiger partial charge in [-0.1, -0.05) is 17.3 Å². The van der Waals surface area contributed by atoms with Gasteiger partial charge in [0.05, 0.1) is 6.61 Å². The zero-order valence-corrected chi connectivity index (χ0v) is 14.2. The minimum atomic E-state index is -0.682.